The molecule has 4 saturated carbocycles. The van der Waals surface area contributed by atoms with E-state index in [1.807, 2.05) is 0 Å². The normalized spacial score (nSPS) is 56.4. The van der Waals surface area contributed by atoms with E-state index in [4.69, 9.17) is 4.74 Å². The quantitative estimate of drug-likeness (QED) is 0.781. The Morgan fingerprint density at radius 2 is 1.96 bits per heavy atom. The van der Waals surface area contributed by atoms with E-state index >= 15 is 0 Å². The molecule has 9 atom stereocenters. The Bertz CT molecular complexity index is 629. The van der Waals surface area contributed by atoms with Crippen molar-refractivity contribution < 1.29 is 19.4 Å². The lowest BCUT2D eigenvalue weighted by molar-refractivity contribution is -0.158. The first kappa shape index (κ1) is 16.4. The molecule has 0 radical (unpaired) electrons. The third-order valence-corrected chi connectivity index (χ3v) is 9.14. The number of carbonyl (C=O) groups is 2. The average molecular weight is 346 g/mol. The van der Waals surface area contributed by atoms with Gasteiger partial charge in [-0.25, -0.2) is 0 Å². The fourth-order valence-corrected chi connectivity index (χ4v) is 7.98. The van der Waals surface area contributed by atoms with Crippen LogP contribution in [0.25, 0.3) is 0 Å². The lowest BCUT2D eigenvalue weighted by Gasteiger charge is -2.58. The number of carbonyl (C=O) groups excluding carboxylic acids is 2. The zero-order valence-corrected chi connectivity index (χ0v) is 15.4. The standard InChI is InChI=1S/C21H30O4/c1-20-9-18-17(25-18)7-11(20)3-4-12-13-5-6-14(16(24)10-22)21(13,2)8-15(23)19(12)20/h11-14,17-19,22H,3-10H2,1-2H3/t11-,12-,13-,14+,17-,18+,19+,20-,21-/m0/s1. The molecule has 5 aliphatic rings. The van der Waals surface area contributed by atoms with Crippen LogP contribution < -0.4 is 0 Å². The summed E-state index contributed by atoms with van der Waals surface area (Å²) in [5.74, 6) is 1.90. The molecule has 0 spiro atoms. The number of aliphatic hydroxyl groups is 1. The van der Waals surface area contributed by atoms with Crippen LogP contribution >= 0.6 is 0 Å². The number of epoxide rings is 1. The molecule has 0 aromatic carbocycles. The second-order valence-corrected chi connectivity index (χ2v) is 10.1. The minimum Gasteiger partial charge on any atom is -0.389 e. The largest absolute Gasteiger partial charge is 0.389 e. The molecule has 0 aromatic rings. The third-order valence-electron chi connectivity index (χ3n) is 9.14. The van der Waals surface area contributed by atoms with E-state index in [0.29, 0.717) is 42.2 Å². The molecule has 4 aliphatic carbocycles. The van der Waals surface area contributed by atoms with Crippen molar-refractivity contribution in [2.45, 2.75) is 71.0 Å². The van der Waals surface area contributed by atoms with Crippen LogP contribution in [0.1, 0.15) is 58.8 Å². The van der Waals surface area contributed by atoms with Crippen LogP contribution in [0.3, 0.4) is 0 Å². The number of aliphatic hydroxyl groups excluding tert-OH is 1. The summed E-state index contributed by atoms with van der Waals surface area (Å²) in [4.78, 5) is 25.7. The Morgan fingerprint density at radius 1 is 1.16 bits per heavy atom. The summed E-state index contributed by atoms with van der Waals surface area (Å²) in [7, 11) is 0. The highest BCUT2D eigenvalue weighted by molar-refractivity contribution is 5.88. The second kappa shape index (κ2) is 5.16. The number of Topliss-reactive ketones (excluding diaryl/α,β-unsaturated/α-hetero) is 2. The number of ketones is 2. The van der Waals surface area contributed by atoms with Crippen molar-refractivity contribution in [1.82, 2.24) is 0 Å². The highest BCUT2D eigenvalue weighted by Gasteiger charge is 2.66. The zero-order chi connectivity index (χ0) is 17.6. The van der Waals surface area contributed by atoms with Crippen molar-refractivity contribution in [3.05, 3.63) is 0 Å². The number of hydrogen-bond donors (Lipinski definition) is 1. The molecule has 0 unspecified atom stereocenters. The van der Waals surface area contributed by atoms with Crippen LogP contribution in [0, 0.1) is 40.4 Å². The van der Waals surface area contributed by atoms with Gasteiger partial charge in [-0.1, -0.05) is 13.8 Å². The molecule has 0 amide bonds. The Morgan fingerprint density at radius 3 is 2.72 bits per heavy atom. The van der Waals surface area contributed by atoms with Gasteiger partial charge in [0.2, 0.25) is 0 Å². The molecule has 0 aromatic heterocycles. The predicted octanol–water partition coefficient (Wildman–Crippen LogP) is 2.76. The lowest BCUT2D eigenvalue weighted by Crippen LogP contribution is -2.58. The molecule has 25 heavy (non-hydrogen) atoms. The molecular formula is C21H30O4. The lowest BCUT2D eigenvalue weighted by atomic mass is 9.44. The maximum atomic E-state index is 13.4. The summed E-state index contributed by atoms with van der Waals surface area (Å²) in [6, 6.07) is 0. The van der Waals surface area contributed by atoms with E-state index in [-0.39, 0.29) is 35.1 Å². The number of fused-ring (bicyclic) bond motifs is 6. The van der Waals surface area contributed by atoms with E-state index in [1.165, 1.54) is 6.42 Å². The molecule has 5 rings (SSSR count). The minimum absolute atomic E-state index is 0.0527. The minimum atomic E-state index is -0.380. The van der Waals surface area contributed by atoms with E-state index in [9.17, 15) is 14.7 Å². The van der Waals surface area contributed by atoms with Crippen LogP contribution in [-0.4, -0.2) is 35.5 Å². The first-order valence-corrected chi connectivity index (χ1v) is 10.2. The molecule has 138 valence electrons. The van der Waals surface area contributed by atoms with Crippen molar-refractivity contribution in [3.63, 3.8) is 0 Å². The average Bonchev–Trinajstić information content (AvgIpc) is 3.21. The van der Waals surface area contributed by atoms with Gasteiger partial charge in [-0.05, 0) is 67.1 Å². The Kier molecular flexibility index (Phi) is 3.39. The summed E-state index contributed by atoms with van der Waals surface area (Å²) in [5.41, 5.74) is -0.132. The van der Waals surface area contributed by atoms with Gasteiger partial charge in [0, 0.05) is 18.3 Å². The summed E-state index contributed by atoms with van der Waals surface area (Å²) < 4.78 is 5.84. The van der Waals surface area contributed by atoms with Crippen molar-refractivity contribution in [3.8, 4) is 0 Å². The van der Waals surface area contributed by atoms with Gasteiger partial charge in [0.15, 0.2) is 5.78 Å². The first-order chi connectivity index (χ1) is 11.9. The highest BCUT2D eigenvalue weighted by atomic mass is 16.6. The van der Waals surface area contributed by atoms with Gasteiger partial charge >= 0.3 is 0 Å². The van der Waals surface area contributed by atoms with Gasteiger partial charge < -0.3 is 9.84 Å². The molecule has 5 fully saturated rings. The topological polar surface area (TPSA) is 66.9 Å². The van der Waals surface area contributed by atoms with Gasteiger partial charge in [0.1, 0.15) is 12.4 Å². The van der Waals surface area contributed by atoms with Gasteiger partial charge in [-0.15, -0.1) is 0 Å². The SMILES string of the molecule is C[C@]12C[C@H]3O[C@H]3C[C@@H]1CC[C@H]1[C@@H]3CC[C@H](C(=O)CO)[C@@]3(C)CC(=O)[C@@H]12. The van der Waals surface area contributed by atoms with Gasteiger partial charge in [-0.3, -0.25) is 9.59 Å². The van der Waals surface area contributed by atoms with E-state index in [1.54, 1.807) is 0 Å². The monoisotopic (exact) mass is 346 g/mol. The molecular weight excluding hydrogens is 316 g/mol. The second-order valence-electron chi connectivity index (χ2n) is 10.1. The van der Waals surface area contributed by atoms with E-state index in [2.05, 4.69) is 13.8 Å². The van der Waals surface area contributed by atoms with Crippen LogP contribution in [0.4, 0.5) is 0 Å². The van der Waals surface area contributed by atoms with Crippen LogP contribution in [0.5, 0.6) is 0 Å². The van der Waals surface area contributed by atoms with Gasteiger partial charge in [0.05, 0.1) is 12.2 Å². The Hall–Kier alpha value is -0.740. The van der Waals surface area contributed by atoms with Crippen molar-refractivity contribution in [2.75, 3.05) is 6.61 Å². The molecule has 4 nitrogen and oxygen atoms in total. The van der Waals surface area contributed by atoms with Crippen molar-refractivity contribution >= 4 is 11.6 Å². The smallest absolute Gasteiger partial charge is 0.161 e. The Balaban J connectivity index is 1.49. The molecule has 1 aliphatic heterocycles. The van der Waals surface area contributed by atoms with Crippen LogP contribution in [-0.2, 0) is 14.3 Å². The third kappa shape index (κ3) is 2.07. The first-order valence-electron chi connectivity index (χ1n) is 10.2. The fourth-order valence-electron chi connectivity index (χ4n) is 7.98. The highest BCUT2D eigenvalue weighted by Crippen LogP contribution is 2.67. The Labute approximate surface area is 149 Å². The summed E-state index contributed by atoms with van der Waals surface area (Å²) in [6.45, 7) is 4.14. The van der Waals surface area contributed by atoms with E-state index < -0.39 is 0 Å². The molecule has 0 bridgehead atoms. The fraction of sp³-hybridized carbons (Fsp3) is 0.905. The summed E-state index contributed by atoms with van der Waals surface area (Å²) in [6.07, 6.45) is 7.84. The number of rotatable bonds is 2. The maximum Gasteiger partial charge on any atom is 0.161 e. The molecule has 4 heteroatoms. The maximum absolute atomic E-state index is 13.4. The number of ether oxygens (including phenoxy) is 1. The van der Waals surface area contributed by atoms with E-state index in [0.717, 1.165) is 32.1 Å². The van der Waals surface area contributed by atoms with Crippen molar-refractivity contribution in [1.29, 1.82) is 0 Å². The summed E-state index contributed by atoms with van der Waals surface area (Å²) in [5, 5.41) is 9.38. The molecule has 1 saturated heterocycles. The van der Waals surface area contributed by atoms with Crippen molar-refractivity contribution in [2.24, 2.45) is 40.4 Å². The number of hydrogen-bond acceptors (Lipinski definition) is 4. The molecule has 1 heterocycles. The predicted molar refractivity (Wildman–Crippen MR) is 91.7 cm³/mol. The van der Waals surface area contributed by atoms with Crippen LogP contribution in [0.15, 0.2) is 0 Å². The summed E-state index contributed by atoms with van der Waals surface area (Å²) >= 11 is 0. The zero-order valence-electron chi connectivity index (χ0n) is 15.4. The molecule has 1 N–H and O–H groups in total. The van der Waals surface area contributed by atoms with Crippen LogP contribution in [0.2, 0.25) is 0 Å². The van der Waals surface area contributed by atoms with Gasteiger partial charge in [0.25, 0.3) is 0 Å². The van der Waals surface area contributed by atoms with Gasteiger partial charge in [-0.2, -0.15) is 0 Å².